The fourth-order valence-electron chi connectivity index (χ4n) is 1.93. The van der Waals surface area contributed by atoms with Gasteiger partial charge in [-0.15, -0.1) is 0 Å². The first-order chi connectivity index (χ1) is 8.97. The molecule has 1 aromatic carbocycles. The van der Waals surface area contributed by atoms with E-state index in [4.69, 9.17) is 10.5 Å². The summed E-state index contributed by atoms with van der Waals surface area (Å²) in [6.45, 7) is 1.82. The van der Waals surface area contributed by atoms with Crippen LogP contribution in [0.2, 0.25) is 0 Å². The minimum atomic E-state index is -0.140. The first-order valence-electron chi connectivity index (χ1n) is 6.19. The Kier molecular flexibility index (Phi) is 3.80. The maximum absolute atomic E-state index is 11.3. The zero-order valence-electron chi connectivity index (χ0n) is 11.6. The van der Waals surface area contributed by atoms with Gasteiger partial charge in [-0.05, 0) is 20.2 Å². The minimum Gasteiger partial charge on any atom is -0.482 e. The van der Waals surface area contributed by atoms with Crippen LogP contribution in [0.4, 0.5) is 17.1 Å². The number of nitrogens with two attached hydrogens (primary N) is 1. The van der Waals surface area contributed by atoms with Gasteiger partial charge in [-0.25, -0.2) is 0 Å². The third kappa shape index (κ3) is 3.08. The molecule has 0 fully saturated rings. The van der Waals surface area contributed by atoms with Crippen LogP contribution in [-0.2, 0) is 4.79 Å². The number of hydrogen-bond acceptors (Lipinski definition) is 5. The predicted octanol–water partition coefficient (Wildman–Crippen LogP) is 0.597. The van der Waals surface area contributed by atoms with Crippen molar-refractivity contribution in [1.29, 1.82) is 0 Å². The molecule has 0 atom stereocenters. The smallest absolute Gasteiger partial charge is 0.262 e. The van der Waals surface area contributed by atoms with E-state index in [1.165, 1.54) is 0 Å². The molecule has 0 spiro atoms. The standard InChI is InChI=1S/C13H20N4O2/c1-16(2)4-5-17(3)11-7-10-12(6-9(11)14)19-8-13(18)15-10/h6-7H,4-5,8,14H2,1-3H3,(H,15,18). The Morgan fingerprint density at radius 1 is 1.32 bits per heavy atom. The predicted molar refractivity (Wildman–Crippen MR) is 76.8 cm³/mol. The number of carbonyl (C=O) groups is 1. The third-order valence-electron chi connectivity index (χ3n) is 3.06. The Hall–Kier alpha value is -1.95. The molecule has 0 bridgehead atoms. The molecule has 1 aromatic rings. The van der Waals surface area contributed by atoms with E-state index in [1.54, 1.807) is 6.07 Å². The van der Waals surface area contributed by atoms with Crippen LogP contribution >= 0.6 is 0 Å². The van der Waals surface area contributed by atoms with Gasteiger partial charge in [0.2, 0.25) is 0 Å². The third-order valence-corrected chi connectivity index (χ3v) is 3.06. The van der Waals surface area contributed by atoms with E-state index in [2.05, 4.69) is 15.1 Å². The Balaban J connectivity index is 2.21. The second kappa shape index (κ2) is 5.36. The normalized spacial score (nSPS) is 13.8. The van der Waals surface area contributed by atoms with Crippen molar-refractivity contribution in [3.8, 4) is 5.75 Å². The number of likely N-dealkylation sites (N-methyl/N-ethyl adjacent to an activating group) is 2. The highest BCUT2D eigenvalue weighted by Gasteiger charge is 2.19. The number of fused-ring (bicyclic) bond motifs is 1. The van der Waals surface area contributed by atoms with Crippen molar-refractivity contribution in [2.24, 2.45) is 0 Å². The lowest BCUT2D eigenvalue weighted by atomic mass is 10.2. The van der Waals surface area contributed by atoms with Gasteiger partial charge in [0.25, 0.3) is 5.91 Å². The number of ether oxygens (including phenoxy) is 1. The number of carbonyl (C=O) groups excluding carboxylic acids is 1. The van der Waals surface area contributed by atoms with Gasteiger partial charge in [-0.1, -0.05) is 0 Å². The van der Waals surface area contributed by atoms with E-state index in [9.17, 15) is 4.79 Å². The zero-order chi connectivity index (χ0) is 14.0. The highest BCUT2D eigenvalue weighted by molar-refractivity contribution is 5.97. The van der Waals surface area contributed by atoms with Crippen LogP contribution in [0, 0.1) is 0 Å². The summed E-state index contributed by atoms with van der Waals surface area (Å²) in [6, 6.07) is 3.62. The molecule has 6 heteroatoms. The van der Waals surface area contributed by atoms with Crippen molar-refractivity contribution >= 4 is 23.0 Å². The van der Waals surface area contributed by atoms with E-state index < -0.39 is 0 Å². The highest BCUT2D eigenvalue weighted by atomic mass is 16.5. The van der Waals surface area contributed by atoms with Gasteiger partial charge in [0.1, 0.15) is 5.75 Å². The van der Waals surface area contributed by atoms with E-state index in [1.807, 2.05) is 27.2 Å². The molecule has 1 aliphatic heterocycles. The van der Waals surface area contributed by atoms with Crippen molar-refractivity contribution in [2.45, 2.75) is 0 Å². The number of nitrogen functional groups attached to an aromatic ring is 1. The number of benzene rings is 1. The molecule has 3 N–H and O–H groups in total. The zero-order valence-corrected chi connectivity index (χ0v) is 11.6. The number of rotatable bonds is 4. The van der Waals surface area contributed by atoms with E-state index in [0.717, 1.165) is 18.8 Å². The summed E-state index contributed by atoms with van der Waals surface area (Å²) < 4.78 is 5.33. The molecule has 104 valence electrons. The Morgan fingerprint density at radius 3 is 2.74 bits per heavy atom. The van der Waals surface area contributed by atoms with E-state index in [0.29, 0.717) is 17.1 Å². The molecular formula is C13H20N4O2. The lowest BCUT2D eigenvalue weighted by molar-refractivity contribution is -0.118. The average molecular weight is 264 g/mol. The number of amides is 1. The summed E-state index contributed by atoms with van der Waals surface area (Å²) in [5, 5.41) is 2.79. The maximum atomic E-state index is 11.3. The van der Waals surface area contributed by atoms with Gasteiger partial charge in [0.15, 0.2) is 6.61 Å². The van der Waals surface area contributed by atoms with Crippen LogP contribution < -0.4 is 20.7 Å². The molecule has 19 heavy (non-hydrogen) atoms. The first kappa shape index (κ1) is 13.5. The molecule has 6 nitrogen and oxygen atoms in total. The average Bonchev–Trinajstić information content (AvgIpc) is 2.35. The van der Waals surface area contributed by atoms with Crippen molar-refractivity contribution in [2.75, 3.05) is 56.8 Å². The van der Waals surface area contributed by atoms with E-state index >= 15 is 0 Å². The molecule has 0 aliphatic carbocycles. The molecular weight excluding hydrogens is 244 g/mol. The molecule has 0 saturated heterocycles. The maximum Gasteiger partial charge on any atom is 0.262 e. The number of anilines is 3. The van der Waals surface area contributed by atoms with Gasteiger partial charge in [0.05, 0.1) is 17.1 Å². The minimum absolute atomic E-state index is 0.0439. The second-order valence-corrected chi connectivity index (χ2v) is 4.97. The van der Waals surface area contributed by atoms with Gasteiger partial charge < -0.3 is 25.6 Å². The quantitative estimate of drug-likeness (QED) is 0.779. The number of hydrogen-bond donors (Lipinski definition) is 2. The van der Waals surface area contributed by atoms with E-state index in [-0.39, 0.29) is 12.5 Å². The van der Waals surface area contributed by atoms with Gasteiger partial charge in [0, 0.05) is 26.2 Å². The summed E-state index contributed by atoms with van der Waals surface area (Å²) >= 11 is 0. The second-order valence-electron chi connectivity index (χ2n) is 4.97. The number of nitrogens with one attached hydrogen (secondary N) is 1. The Labute approximate surface area is 113 Å². The van der Waals surface area contributed by atoms with Crippen LogP contribution in [0.15, 0.2) is 12.1 Å². The fourth-order valence-corrected chi connectivity index (χ4v) is 1.93. The summed E-state index contributed by atoms with van der Waals surface area (Å²) in [5.41, 5.74) is 8.26. The van der Waals surface area contributed by atoms with Gasteiger partial charge in [-0.2, -0.15) is 0 Å². The monoisotopic (exact) mass is 264 g/mol. The molecule has 0 aromatic heterocycles. The molecule has 1 heterocycles. The highest BCUT2D eigenvalue weighted by Crippen LogP contribution is 2.36. The van der Waals surface area contributed by atoms with Gasteiger partial charge >= 0.3 is 0 Å². The van der Waals surface area contributed by atoms with Gasteiger partial charge in [-0.3, -0.25) is 4.79 Å². The lowest BCUT2D eigenvalue weighted by Crippen LogP contribution is -2.30. The molecule has 0 radical (unpaired) electrons. The lowest BCUT2D eigenvalue weighted by Gasteiger charge is -2.26. The van der Waals surface area contributed by atoms with Crippen molar-refractivity contribution in [3.63, 3.8) is 0 Å². The summed E-state index contributed by atoms with van der Waals surface area (Å²) in [7, 11) is 6.03. The van der Waals surface area contributed by atoms with Crippen LogP contribution in [0.25, 0.3) is 0 Å². The summed E-state index contributed by atoms with van der Waals surface area (Å²) in [6.07, 6.45) is 0. The first-order valence-corrected chi connectivity index (χ1v) is 6.19. The van der Waals surface area contributed by atoms with Crippen LogP contribution in [-0.4, -0.2) is 51.6 Å². The van der Waals surface area contributed by atoms with Crippen molar-refractivity contribution in [3.05, 3.63) is 12.1 Å². The molecule has 1 aliphatic rings. The molecule has 0 saturated carbocycles. The van der Waals surface area contributed by atoms with Crippen LogP contribution in [0.5, 0.6) is 5.75 Å². The molecule has 0 unspecified atom stereocenters. The SMILES string of the molecule is CN(C)CCN(C)c1cc2c(cc1N)OCC(=O)N2. The Morgan fingerprint density at radius 2 is 2.05 bits per heavy atom. The largest absolute Gasteiger partial charge is 0.482 e. The van der Waals surface area contributed by atoms with Crippen LogP contribution in [0.1, 0.15) is 0 Å². The molecule has 1 amide bonds. The Bertz CT molecular complexity index is 488. The number of nitrogens with zero attached hydrogens (tertiary/aromatic N) is 2. The topological polar surface area (TPSA) is 70.8 Å². The van der Waals surface area contributed by atoms with Crippen molar-refractivity contribution < 1.29 is 9.53 Å². The van der Waals surface area contributed by atoms with Crippen molar-refractivity contribution in [1.82, 2.24) is 4.90 Å². The summed E-state index contributed by atoms with van der Waals surface area (Å²) in [4.78, 5) is 15.5. The molecule has 2 rings (SSSR count). The van der Waals surface area contributed by atoms with Crippen LogP contribution in [0.3, 0.4) is 0 Å². The fraction of sp³-hybridized carbons (Fsp3) is 0.462. The summed E-state index contributed by atoms with van der Waals surface area (Å²) in [5.74, 6) is 0.487.